The average molecular weight is 448 g/mol. The number of benzene rings is 3. The summed E-state index contributed by atoms with van der Waals surface area (Å²) in [4.78, 5) is 32.1. The molecule has 0 radical (unpaired) electrons. The Labute approximate surface area is 186 Å². The van der Waals surface area contributed by atoms with E-state index in [0.29, 0.717) is 22.1 Å². The van der Waals surface area contributed by atoms with Gasteiger partial charge in [-0.25, -0.2) is 14.4 Å². The van der Waals surface area contributed by atoms with Crippen LogP contribution in [-0.2, 0) is 4.79 Å². The van der Waals surface area contributed by atoms with Gasteiger partial charge in [0.2, 0.25) is 5.91 Å². The fourth-order valence-corrected chi connectivity index (χ4v) is 3.94. The maximum atomic E-state index is 13.3. The molecule has 3 aromatic carbocycles. The number of aryl methyl sites for hydroxylation is 1. The molecule has 0 saturated heterocycles. The van der Waals surface area contributed by atoms with Crippen molar-refractivity contribution < 1.29 is 14.1 Å². The van der Waals surface area contributed by atoms with E-state index in [0.717, 1.165) is 16.5 Å². The number of aromatic nitrogens is 2. The summed E-state index contributed by atoms with van der Waals surface area (Å²) >= 11 is 1.24. The molecule has 1 amide bonds. The molecule has 4 rings (SSSR count). The molecule has 0 aliphatic rings. The van der Waals surface area contributed by atoms with E-state index in [1.807, 2.05) is 25.1 Å². The van der Waals surface area contributed by atoms with E-state index in [2.05, 4.69) is 15.3 Å². The van der Waals surface area contributed by atoms with Crippen LogP contribution in [0, 0.1) is 22.9 Å². The van der Waals surface area contributed by atoms with E-state index in [4.69, 9.17) is 0 Å². The Morgan fingerprint density at radius 2 is 1.84 bits per heavy atom. The lowest BCUT2D eigenvalue weighted by atomic mass is 10.1. The summed E-state index contributed by atoms with van der Waals surface area (Å²) in [5.41, 5.74) is 2.62. The third-order valence-electron chi connectivity index (χ3n) is 4.68. The van der Waals surface area contributed by atoms with Crippen LogP contribution in [0.4, 0.5) is 15.8 Å². The number of nitrogens with one attached hydrogen (secondary N) is 1. The summed E-state index contributed by atoms with van der Waals surface area (Å²) in [6.07, 6.45) is 0. The second-order valence-electron chi connectivity index (χ2n) is 6.97. The lowest BCUT2D eigenvalue weighted by Crippen LogP contribution is -2.14. The van der Waals surface area contributed by atoms with Crippen LogP contribution >= 0.6 is 11.8 Å². The van der Waals surface area contributed by atoms with Gasteiger partial charge in [-0.3, -0.25) is 14.9 Å². The molecule has 0 atom stereocenters. The summed E-state index contributed by atoms with van der Waals surface area (Å²) < 4.78 is 13.3. The number of nitro groups is 1. The number of carbonyl (C=O) groups excluding carboxylic acids is 1. The SMILES string of the molecule is Cc1cccc2c(SCC(=O)Nc3cccc([N+](=O)[O-])c3)nc(-c3ccc(F)cc3)nc12. The van der Waals surface area contributed by atoms with Crippen LogP contribution in [0.5, 0.6) is 0 Å². The van der Waals surface area contributed by atoms with Gasteiger partial charge in [-0.05, 0) is 42.8 Å². The molecule has 1 heterocycles. The number of anilines is 1. The van der Waals surface area contributed by atoms with Gasteiger partial charge >= 0.3 is 0 Å². The largest absolute Gasteiger partial charge is 0.325 e. The molecule has 0 bridgehead atoms. The van der Waals surface area contributed by atoms with Crippen molar-refractivity contribution in [1.82, 2.24) is 9.97 Å². The van der Waals surface area contributed by atoms with Crippen molar-refractivity contribution in [3.8, 4) is 11.4 Å². The predicted molar refractivity (Wildman–Crippen MR) is 122 cm³/mol. The van der Waals surface area contributed by atoms with Crippen molar-refractivity contribution in [1.29, 1.82) is 0 Å². The number of fused-ring (bicyclic) bond motifs is 1. The van der Waals surface area contributed by atoms with Crippen LogP contribution in [0.3, 0.4) is 0 Å². The van der Waals surface area contributed by atoms with Crippen molar-refractivity contribution in [3.05, 3.63) is 88.2 Å². The lowest BCUT2D eigenvalue weighted by molar-refractivity contribution is -0.384. The van der Waals surface area contributed by atoms with Crippen LogP contribution in [0.2, 0.25) is 0 Å². The van der Waals surface area contributed by atoms with Gasteiger partial charge < -0.3 is 5.32 Å². The van der Waals surface area contributed by atoms with Crippen molar-refractivity contribution in [2.45, 2.75) is 11.9 Å². The minimum atomic E-state index is -0.517. The smallest absolute Gasteiger partial charge is 0.271 e. The zero-order valence-electron chi connectivity index (χ0n) is 16.9. The molecular weight excluding hydrogens is 431 g/mol. The monoisotopic (exact) mass is 448 g/mol. The first-order chi connectivity index (χ1) is 15.4. The van der Waals surface area contributed by atoms with Gasteiger partial charge in [-0.15, -0.1) is 0 Å². The number of thioether (sulfide) groups is 1. The van der Waals surface area contributed by atoms with E-state index in [9.17, 15) is 19.3 Å². The first kappa shape index (κ1) is 21.4. The van der Waals surface area contributed by atoms with E-state index in [-0.39, 0.29) is 23.2 Å². The zero-order valence-corrected chi connectivity index (χ0v) is 17.7. The van der Waals surface area contributed by atoms with Crippen LogP contribution in [0.1, 0.15) is 5.56 Å². The number of hydrogen-bond donors (Lipinski definition) is 1. The highest BCUT2D eigenvalue weighted by atomic mass is 32.2. The quantitative estimate of drug-likeness (QED) is 0.184. The Hall–Kier alpha value is -3.85. The molecule has 0 fully saturated rings. The van der Waals surface area contributed by atoms with Crippen molar-refractivity contribution in [2.24, 2.45) is 0 Å². The molecule has 0 saturated carbocycles. The maximum Gasteiger partial charge on any atom is 0.271 e. The molecule has 32 heavy (non-hydrogen) atoms. The Kier molecular flexibility index (Phi) is 6.09. The lowest BCUT2D eigenvalue weighted by Gasteiger charge is -2.10. The number of non-ortho nitro benzene ring substituents is 1. The first-order valence-electron chi connectivity index (χ1n) is 9.61. The van der Waals surface area contributed by atoms with E-state index >= 15 is 0 Å². The highest BCUT2D eigenvalue weighted by molar-refractivity contribution is 8.00. The molecule has 9 heteroatoms. The Morgan fingerprint density at radius 3 is 2.59 bits per heavy atom. The van der Waals surface area contributed by atoms with E-state index in [1.165, 1.54) is 42.1 Å². The number of hydrogen-bond acceptors (Lipinski definition) is 6. The predicted octanol–water partition coefficient (Wildman–Crippen LogP) is 5.38. The minimum Gasteiger partial charge on any atom is -0.325 e. The second kappa shape index (κ2) is 9.11. The molecule has 4 aromatic rings. The Morgan fingerprint density at radius 1 is 1.09 bits per heavy atom. The van der Waals surface area contributed by atoms with Crippen molar-refractivity contribution >= 4 is 39.9 Å². The third-order valence-corrected chi connectivity index (χ3v) is 5.67. The topological polar surface area (TPSA) is 98.0 Å². The number of amides is 1. The molecule has 160 valence electrons. The van der Waals surface area contributed by atoms with Gasteiger partial charge in [0.25, 0.3) is 5.69 Å². The summed E-state index contributed by atoms with van der Waals surface area (Å²) in [7, 11) is 0. The van der Waals surface area contributed by atoms with Crippen LogP contribution in [-0.4, -0.2) is 26.6 Å². The number of nitro benzene ring substituents is 1. The second-order valence-corrected chi connectivity index (χ2v) is 7.94. The molecule has 0 spiro atoms. The standard InChI is InChI=1S/C23H17FN4O3S/c1-14-4-2-7-19-21(14)26-22(15-8-10-16(24)11-9-15)27-23(19)32-13-20(29)25-17-5-3-6-18(12-17)28(30)31/h2-12H,13H2,1H3,(H,25,29). The molecule has 1 N–H and O–H groups in total. The number of carbonyl (C=O) groups is 1. The van der Waals surface area contributed by atoms with Gasteiger partial charge in [0.15, 0.2) is 5.82 Å². The van der Waals surface area contributed by atoms with Gasteiger partial charge in [0, 0.05) is 28.8 Å². The van der Waals surface area contributed by atoms with Gasteiger partial charge in [0.1, 0.15) is 10.8 Å². The normalized spacial score (nSPS) is 10.8. The van der Waals surface area contributed by atoms with E-state index in [1.54, 1.807) is 18.2 Å². The van der Waals surface area contributed by atoms with E-state index < -0.39 is 4.92 Å². The maximum absolute atomic E-state index is 13.3. The van der Waals surface area contributed by atoms with Crippen LogP contribution in [0.15, 0.2) is 71.8 Å². The fraction of sp³-hybridized carbons (Fsp3) is 0.0870. The Balaban J connectivity index is 1.60. The number of para-hydroxylation sites is 1. The molecule has 1 aromatic heterocycles. The fourth-order valence-electron chi connectivity index (χ4n) is 3.13. The summed E-state index contributed by atoms with van der Waals surface area (Å²) in [6.45, 7) is 1.94. The number of rotatable bonds is 6. The number of nitrogens with zero attached hydrogens (tertiary/aromatic N) is 3. The van der Waals surface area contributed by atoms with Gasteiger partial charge in [0.05, 0.1) is 16.2 Å². The summed E-state index contributed by atoms with van der Waals surface area (Å²) in [5.74, 6) is -0.184. The molecule has 0 aliphatic heterocycles. The molecule has 0 unspecified atom stereocenters. The van der Waals surface area contributed by atoms with Crippen LogP contribution in [0.25, 0.3) is 22.3 Å². The molecule has 7 nitrogen and oxygen atoms in total. The minimum absolute atomic E-state index is 0.0472. The van der Waals surface area contributed by atoms with Gasteiger partial charge in [-0.2, -0.15) is 0 Å². The molecule has 0 aliphatic carbocycles. The number of halogens is 1. The Bertz CT molecular complexity index is 1330. The molecular formula is C23H17FN4O3S. The van der Waals surface area contributed by atoms with Crippen molar-refractivity contribution in [2.75, 3.05) is 11.1 Å². The van der Waals surface area contributed by atoms with Gasteiger partial charge in [-0.1, -0.05) is 36.0 Å². The van der Waals surface area contributed by atoms with Crippen molar-refractivity contribution in [3.63, 3.8) is 0 Å². The average Bonchev–Trinajstić information content (AvgIpc) is 2.78. The summed E-state index contributed by atoms with van der Waals surface area (Å²) in [5, 5.41) is 15.0. The zero-order chi connectivity index (χ0) is 22.7. The third kappa shape index (κ3) is 4.73. The highest BCUT2D eigenvalue weighted by Gasteiger charge is 2.14. The van der Waals surface area contributed by atoms with Crippen LogP contribution < -0.4 is 5.32 Å². The summed E-state index contributed by atoms with van der Waals surface area (Å²) in [6, 6.07) is 17.4. The highest BCUT2D eigenvalue weighted by Crippen LogP contribution is 2.30. The first-order valence-corrected chi connectivity index (χ1v) is 10.6.